The molecule has 0 saturated heterocycles. The van der Waals surface area contributed by atoms with Crippen LogP contribution in [0.15, 0.2) is 12.1 Å². The summed E-state index contributed by atoms with van der Waals surface area (Å²) in [6.07, 6.45) is 0. The Morgan fingerprint density at radius 2 is 1.90 bits per heavy atom. The van der Waals surface area contributed by atoms with E-state index in [4.69, 9.17) is 0 Å². The first kappa shape index (κ1) is 15.2. The number of nitrogens with zero attached hydrogens (tertiary/aromatic N) is 1. The van der Waals surface area contributed by atoms with Gasteiger partial charge in [0.2, 0.25) is 5.91 Å². The van der Waals surface area contributed by atoms with Crippen LogP contribution in [0.3, 0.4) is 0 Å². The number of aryl methyl sites for hydroxylation is 1. The van der Waals surface area contributed by atoms with Gasteiger partial charge in [-0.25, -0.2) is 0 Å². The maximum atomic E-state index is 12.1. The van der Waals surface area contributed by atoms with Gasteiger partial charge in [-0.2, -0.15) is 0 Å². The highest BCUT2D eigenvalue weighted by Crippen LogP contribution is 2.33. The van der Waals surface area contributed by atoms with Gasteiger partial charge in [0, 0.05) is 6.54 Å². The van der Waals surface area contributed by atoms with E-state index in [-0.39, 0.29) is 12.5 Å². The zero-order chi connectivity index (χ0) is 15.7. The minimum Gasteiger partial charge on any atom is -0.354 e. The molecule has 21 heavy (non-hydrogen) atoms. The van der Waals surface area contributed by atoms with E-state index in [0.717, 1.165) is 11.1 Å². The predicted molar refractivity (Wildman–Crippen MR) is 80.4 cm³/mol. The van der Waals surface area contributed by atoms with Crippen molar-refractivity contribution in [2.75, 3.05) is 18.0 Å². The van der Waals surface area contributed by atoms with Gasteiger partial charge < -0.3 is 5.32 Å². The summed E-state index contributed by atoms with van der Waals surface area (Å²) < 4.78 is 0. The van der Waals surface area contributed by atoms with Crippen LogP contribution >= 0.6 is 0 Å². The average Bonchev–Trinajstić information content (AvgIpc) is 2.66. The van der Waals surface area contributed by atoms with Crippen molar-refractivity contribution < 1.29 is 14.4 Å². The largest absolute Gasteiger partial charge is 0.354 e. The third kappa shape index (κ3) is 2.82. The van der Waals surface area contributed by atoms with E-state index in [0.29, 0.717) is 23.7 Å². The molecular formula is C16H20N2O3. The third-order valence-corrected chi connectivity index (χ3v) is 3.66. The van der Waals surface area contributed by atoms with Crippen LogP contribution in [0.2, 0.25) is 0 Å². The minimum atomic E-state index is -0.626. The van der Waals surface area contributed by atoms with Crippen molar-refractivity contribution in [2.45, 2.75) is 27.7 Å². The Hall–Kier alpha value is -2.17. The lowest BCUT2D eigenvalue weighted by atomic mass is 10.0. The first-order valence-electron chi connectivity index (χ1n) is 7.06. The zero-order valence-electron chi connectivity index (χ0n) is 12.8. The van der Waals surface area contributed by atoms with Gasteiger partial charge in [0.05, 0.1) is 11.3 Å². The second-order valence-corrected chi connectivity index (χ2v) is 5.82. The van der Waals surface area contributed by atoms with Crippen LogP contribution in [0, 0.1) is 19.8 Å². The maximum Gasteiger partial charge on any atom is 0.299 e. The van der Waals surface area contributed by atoms with Gasteiger partial charge in [-0.15, -0.1) is 0 Å². The lowest BCUT2D eigenvalue weighted by Gasteiger charge is -2.19. The number of fused-ring (bicyclic) bond motifs is 1. The number of Topliss-reactive ketones (excluding diaryl/α,β-unsaturated/α-hetero) is 1. The number of benzene rings is 1. The Morgan fingerprint density at radius 3 is 2.52 bits per heavy atom. The van der Waals surface area contributed by atoms with E-state index in [2.05, 4.69) is 5.32 Å². The smallest absolute Gasteiger partial charge is 0.299 e. The normalized spacial score (nSPS) is 13.9. The summed E-state index contributed by atoms with van der Waals surface area (Å²) in [4.78, 5) is 37.3. The Labute approximate surface area is 124 Å². The molecule has 1 N–H and O–H groups in total. The number of anilines is 1. The lowest BCUT2D eigenvalue weighted by molar-refractivity contribution is -0.122. The summed E-state index contributed by atoms with van der Waals surface area (Å²) in [7, 11) is 0. The van der Waals surface area contributed by atoms with Crippen LogP contribution in [0.1, 0.15) is 35.3 Å². The highest BCUT2D eigenvalue weighted by Gasteiger charge is 2.38. The van der Waals surface area contributed by atoms with Crippen LogP contribution in [-0.4, -0.2) is 30.7 Å². The van der Waals surface area contributed by atoms with Gasteiger partial charge >= 0.3 is 0 Å². The van der Waals surface area contributed by atoms with Crippen LogP contribution in [0.5, 0.6) is 0 Å². The summed E-state index contributed by atoms with van der Waals surface area (Å²) >= 11 is 0. The van der Waals surface area contributed by atoms with Crippen molar-refractivity contribution in [1.29, 1.82) is 0 Å². The van der Waals surface area contributed by atoms with Crippen LogP contribution in [0.4, 0.5) is 5.69 Å². The topological polar surface area (TPSA) is 66.5 Å². The fourth-order valence-corrected chi connectivity index (χ4v) is 2.34. The molecule has 2 rings (SSSR count). The number of nitrogens with one attached hydrogen (secondary N) is 1. The van der Waals surface area contributed by atoms with Crippen molar-refractivity contribution in [3.8, 4) is 0 Å². The van der Waals surface area contributed by atoms with Crippen molar-refractivity contribution in [2.24, 2.45) is 5.92 Å². The number of rotatable bonds is 4. The molecule has 1 aromatic rings. The number of hydrogen-bond donors (Lipinski definition) is 1. The van der Waals surface area contributed by atoms with Gasteiger partial charge in [0.25, 0.3) is 11.7 Å². The molecule has 0 radical (unpaired) electrons. The molecular weight excluding hydrogens is 268 g/mol. The van der Waals surface area contributed by atoms with E-state index >= 15 is 0 Å². The molecule has 0 unspecified atom stereocenters. The Balaban J connectivity index is 2.26. The second-order valence-electron chi connectivity index (χ2n) is 5.82. The Kier molecular flexibility index (Phi) is 4.11. The molecule has 0 fully saturated rings. The molecule has 0 spiro atoms. The first-order chi connectivity index (χ1) is 9.82. The van der Waals surface area contributed by atoms with E-state index in [9.17, 15) is 14.4 Å². The average molecular weight is 288 g/mol. The number of hydrogen-bond acceptors (Lipinski definition) is 3. The summed E-state index contributed by atoms with van der Waals surface area (Å²) in [6.45, 7) is 8.20. The molecule has 1 aliphatic heterocycles. The van der Waals surface area contributed by atoms with Crippen LogP contribution < -0.4 is 10.2 Å². The van der Waals surface area contributed by atoms with Crippen LogP contribution in [0.25, 0.3) is 0 Å². The maximum absolute atomic E-state index is 12.1. The van der Waals surface area contributed by atoms with Crippen LogP contribution in [-0.2, 0) is 9.59 Å². The molecule has 112 valence electrons. The SMILES string of the molecule is Cc1ccc2c(c1C)N(CC(=O)NCC(C)C)C(=O)C2=O. The number of carbonyl (C=O) groups excluding carboxylic acids is 3. The molecule has 0 bridgehead atoms. The molecule has 1 aromatic carbocycles. The van der Waals surface area contributed by atoms with Crippen molar-refractivity contribution >= 4 is 23.3 Å². The van der Waals surface area contributed by atoms with Gasteiger partial charge in [0.1, 0.15) is 6.54 Å². The number of ketones is 1. The molecule has 0 atom stereocenters. The molecule has 5 nitrogen and oxygen atoms in total. The van der Waals surface area contributed by atoms with E-state index in [1.165, 1.54) is 4.90 Å². The predicted octanol–water partition coefficient (Wildman–Crippen LogP) is 1.60. The first-order valence-corrected chi connectivity index (χ1v) is 7.06. The fourth-order valence-electron chi connectivity index (χ4n) is 2.34. The monoisotopic (exact) mass is 288 g/mol. The standard InChI is InChI=1S/C16H20N2O3/c1-9(2)7-17-13(19)8-18-14-11(4)10(3)5-6-12(14)15(20)16(18)21/h5-6,9H,7-8H2,1-4H3,(H,17,19). The van der Waals surface area contributed by atoms with E-state index in [1.807, 2.05) is 33.8 Å². The van der Waals surface area contributed by atoms with E-state index < -0.39 is 11.7 Å². The van der Waals surface area contributed by atoms with Gasteiger partial charge in [-0.3, -0.25) is 19.3 Å². The molecule has 1 aliphatic rings. The zero-order valence-corrected chi connectivity index (χ0v) is 12.8. The highest BCUT2D eigenvalue weighted by atomic mass is 16.2. The molecule has 0 aromatic heterocycles. The highest BCUT2D eigenvalue weighted by molar-refractivity contribution is 6.52. The quantitative estimate of drug-likeness (QED) is 0.856. The minimum absolute atomic E-state index is 0.116. The molecule has 0 saturated carbocycles. The van der Waals surface area contributed by atoms with Crippen molar-refractivity contribution in [3.63, 3.8) is 0 Å². The summed E-state index contributed by atoms with van der Waals surface area (Å²) in [5.41, 5.74) is 2.82. The third-order valence-electron chi connectivity index (χ3n) is 3.66. The summed E-state index contributed by atoms with van der Waals surface area (Å²) in [5, 5.41) is 2.77. The number of amides is 2. The number of carbonyl (C=O) groups is 3. The summed E-state index contributed by atoms with van der Waals surface area (Å²) in [6, 6.07) is 3.48. The Bertz CT molecular complexity index is 620. The van der Waals surface area contributed by atoms with Crippen molar-refractivity contribution in [3.05, 3.63) is 28.8 Å². The molecule has 5 heteroatoms. The van der Waals surface area contributed by atoms with E-state index in [1.54, 1.807) is 6.07 Å². The van der Waals surface area contributed by atoms with Gasteiger partial charge in [0.15, 0.2) is 0 Å². The summed E-state index contributed by atoms with van der Waals surface area (Å²) in [5.74, 6) is -1.08. The van der Waals surface area contributed by atoms with Gasteiger partial charge in [-0.1, -0.05) is 19.9 Å². The lowest BCUT2D eigenvalue weighted by Crippen LogP contribution is -2.41. The molecule has 2 amide bonds. The molecule has 0 aliphatic carbocycles. The second kappa shape index (κ2) is 5.68. The fraction of sp³-hybridized carbons (Fsp3) is 0.438. The Morgan fingerprint density at radius 1 is 1.24 bits per heavy atom. The van der Waals surface area contributed by atoms with Gasteiger partial charge in [-0.05, 0) is 37.0 Å². The van der Waals surface area contributed by atoms with Crippen molar-refractivity contribution in [1.82, 2.24) is 5.32 Å². The molecule has 1 heterocycles.